The van der Waals surface area contributed by atoms with Crippen molar-refractivity contribution in [2.45, 2.75) is 25.4 Å². The van der Waals surface area contributed by atoms with Crippen molar-refractivity contribution < 1.29 is 18.3 Å². The molecule has 8 heteroatoms. The van der Waals surface area contributed by atoms with Gasteiger partial charge in [-0.2, -0.15) is 0 Å². The van der Waals surface area contributed by atoms with E-state index in [-0.39, 0.29) is 24.8 Å². The van der Waals surface area contributed by atoms with E-state index in [4.69, 9.17) is 4.74 Å². The van der Waals surface area contributed by atoms with Crippen molar-refractivity contribution in [2.75, 3.05) is 32.6 Å². The predicted octanol–water partition coefficient (Wildman–Crippen LogP) is 3.32. The van der Waals surface area contributed by atoms with E-state index >= 15 is 0 Å². The standard InChI is InChI=1S/C18H23F2N3O2S/c1-13-4-5-14(2)15(10-13)23-7-6-21-18(23)26-12-17(24)22(8-9-25-3)11-16(19)20/h4-7,10,16H,8-9,11-12H2,1-3H3. The first-order valence-corrected chi connectivity index (χ1v) is 9.19. The monoisotopic (exact) mass is 383 g/mol. The molecular weight excluding hydrogens is 360 g/mol. The van der Waals surface area contributed by atoms with E-state index < -0.39 is 13.0 Å². The van der Waals surface area contributed by atoms with Gasteiger partial charge in [0, 0.05) is 26.0 Å². The number of thioether (sulfide) groups is 1. The topological polar surface area (TPSA) is 47.4 Å². The number of halogens is 2. The summed E-state index contributed by atoms with van der Waals surface area (Å²) in [5, 5.41) is 0.649. The van der Waals surface area contributed by atoms with Crippen LogP contribution in [0.15, 0.2) is 35.7 Å². The van der Waals surface area contributed by atoms with E-state index in [1.165, 1.54) is 18.9 Å². The summed E-state index contributed by atoms with van der Waals surface area (Å²) in [6, 6.07) is 6.11. The molecule has 0 aliphatic carbocycles. The van der Waals surface area contributed by atoms with Crippen LogP contribution in [-0.2, 0) is 9.53 Å². The molecule has 0 saturated carbocycles. The molecule has 0 aliphatic rings. The second-order valence-corrected chi connectivity index (χ2v) is 6.82. The SMILES string of the molecule is COCCN(CC(F)F)C(=O)CSc1nccn1-c1cc(C)ccc1C. The molecule has 0 N–H and O–H groups in total. The highest BCUT2D eigenvalue weighted by Gasteiger charge is 2.19. The van der Waals surface area contributed by atoms with Crippen LogP contribution in [0.4, 0.5) is 8.78 Å². The molecule has 1 aromatic heterocycles. The first-order valence-electron chi connectivity index (χ1n) is 8.21. The number of imidazole rings is 1. The van der Waals surface area contributed by atoms with Gasteiger partial charge in [-0.05, 0) is 31.0 Å². The lowest BCUT2D eigenvalue weighted by Gasteiger charge is -2.21. The minimum Gasteiger partial charge on any atom is -0.383 e. The van der Waals surface area contributed by atoms with E-state index in [2.05, 4.69) is 4.98 Å². The third kappa shape index (κ3) is 5.54. The Morgan fingerprint density at radius 1 is 1.38 bits per heavy atom. The number of carbonyl (C=O) groups excluding carboxylic acids is 1. The number of amides is 1. The molecule has 5 nitrogen and oxygen atoms in total. The van der Waals surface area contributed by atoms with Crippen molar-refractivity contribution in [2.24, 2.45) is 0 Å². The molecule has 142 valence electrons. The molecule has 0 bridgehead atoms. The molecule has 0 fully saturated rings. The van der Waals surface area contributed by atoms with Crippen LogP contribution in [0.1, 0.15) is 11.1 Å². The number of carbonyl (C=O) groups is 1. The number of alkyl halides is 2. The summed E-state index contributed by atoms with van der Waals surface area (Å²) >= 11 is 1.24. The number of benzene rings is 1. The van der Waals surface area contributed by atoms with Crippen LogP contribution in [0.25, 0.3) is 5.69 Å². The summed E-state index contributed by atoms with van der Waals surface area (Å²) in [4.78, 5) is 17.8. The maximum atomic E-state index is 12.7. The van der Waals surface area contributed by atoms with Crippen molar-refractivity contribution in [3.05, 3.63) is 41.7 Å². The van der Waals surface area contributed by atoms with Crippen LogP contribution in [0.2, 0.25) is 0 Å². The Labute approximate surface area is 156 Å². The third-order valence-corrected chi connectivity index (χ3v) is 4.78. The van der Waals surface area contributed by atoms with Gasteiger partial charge < -0.3 is 9.64 Å². The minimum atomic E-state index is -2.57. The smallest absolute Gasteiger partial charge is 0.255 e. The Kier molecular flexibility index (Phi) is 7.59. The number of aryl methyl sites for hydroxylation is 2. The molecule has 2 rings (SSSR count). The van der Waals surface area contributed by atoms with Gasteiger partial charge in [-0.3, -0.25) is 9.36 Å². The van der Waals surface area contributed by atoms with Crippen LogP contribution in [0, 0.1) is 13.8 Å². The van der Waals surface area contributed by atoms with E-state index in [1.807, 2.05) is 42.8 Å². The molecule has 0 atom stereocenters. The number of aromatic nitrogens is 2. The van der Waals surface area contributed by atoms with E-state index in [0.29, 0.717) is 5.16 Å². The molecule has 1 amide bonds. The quantitative estimate of drug-likeness (QED) is 0.623. The van der Waals surface area contributed by atoms with Crippen LogP contribution in [-0.4, -0.2) is 59.3 Å². The molecule has 0 aliphatic heterocycles. The zero-order valence-corrected chi connectivity index (χ0v) is 15.9. The van der Waals surface area contributed by atoms with Crippen molar-refractivity contribution in [1.82, 2.24) is 14.5 Å². The highest BCUT2D eigenvalue weighted by molar-refractivity contribution is 7.99. The van der Waals surface area contributed by atoms with Gasteiger partial charge in [-0.1, -0.05) is 23.9 Å². The molecule has 1 aromatic carbocycles. The average molecular weight is 383 g/mol. The Morgan fingerprint density at radius 2 is 2.15 bits per heavy atom. The van der Waals surface area contributed by atoms with Crippen molar-refractivity contribution in [3.8, 4) is 5.69 Å². The van der Waals surface area contributed by atoms with Crippen LogP contribution in [0.5, 0.6) is 0 Å². The van der Waals surface area contributed by atoms with Gasteiger partial charge in [0.1, 0.15) is 0 Å². The first-order chi connectivity index (χ1) is 12.4. The zero-order chi connectivity index (χ0) is 19.1. The Hall–Kier alpha value is -1.93. The maximum absolute atomic E-state index is 12.7. The molecule has 26 heavy (non-hydrogen) atoms. The summed E-state index contributed by atoms with van der Waals surface area (Å²) in [6.45, 7) is 3.79. The largest absolute Gasteiger partial charge is 0.383 e. The van der Waals surface area contributed by atoms with Crippen molar-refractivity contribution >= 4 is 17.7 Å². The highest BCUT2D eigenvalue weighted by atomic mass is 32.2. The molecular formula is C18H23F2N3O2S. The summed E-state index contributed by atoms with van der Waals surface area (Å²) < 4.78 is 32.2. The number of hydrogen-bond donors (Lipinski definition) is 0. The van der Waals surface area contributed by atoms with Gasteiger partial charge in [-0.25, -0.2) is 13.8 Å². The van der Waals surface area contributed by atoms with Gasteiger partial charge in [-0.15, -0.1) is 0 Å². The second kappa shape index (κ2) is 9.68. The van der Waals surface area contributed by atoms with Crippen LogP contribution < -0.4 is 0 Å². The zero-order valence-electron chi connectivity index (χ0n) is 15.1. The fraction of sp³-hybridized carbons (Fsp3) is 0.444. The number of rotatable bonds is 9. The van der Waals surface area contributed by atoms with E-state index in [9.17, 15) is 13.6 Å². The lowest BCUT2D eigenvalue weighted by molar-refractivity contribution is -0.130. The fourth-order valence-corrected chi connectivity index (χ4v) is 3.33. The van der Waals surface area contributed by atoms with Gasteiger partial charge in [0.25, 0.3) is 6.43 Å². The Balaban J connectivity index is 2.08. The summed E-state index contributed by atoms with van der Waals surface area (Å²) in [5.41, 5.74) is 3.19. The summed E-state index contributed by atoms with van der Waals surface area (Å²) in [6.07, 6.45) is 0.921. The number of ether oxygens (including phenoxy) is 1. The van der Waals surface area contributed by atoms with E-state index in [1.54, 1.807) is 6.20 Å². The minimum absolute atomic E-state index is 0.0400. The molecule has 0 spiro atoms. The predicted molar refractivity (Wildman–Crippen MR) is 98.2 cm³/mol. The molecule has 0 radical (unpaired) electrons. The van der Waals surface area contributed by atoms with Crippen LogP contribution >= 0.6 is 11.8 Å². The van der Waals surface area contributed by atoms with Crippen molar-refractivity contribution in [1.29, 1.82) is 0 Å². The number of hydrogen-bond acceptors (Lipinski definition) is 4. The van der Waals surface area contributed by atoms with Gasteiger partial charge in [0.2, 0.25) is 5.91 Å². The third-order valence-electron chi connectivity index (χ3n) is 3.83. The molecule has 2 aromatic rings. The summed E-state index contributed by atoms with van der Waals surface area (Å²) in [5.74, 6) is -0.318. The Morgan fingerprint density at radius 3 is 2.85 bits per heavy atom. The fourth-order valence-electron chi connectivity index (χ4n) is 2.46. The second-order valence-electron chi connectivity index (χ2n) is 5.88. The lowest BCUT2D eigenvalue weighted by atomic mass is 10.1. The van der Waals surface area contributed by atoms with Gasteiger partial charge >= 0.3 is 0 Å². The van der Waals surface area contributed by atoms with Gasteiger partial charge in [0.15, 0.2) is 5.16 Å². The van der Waals surface area contributed by atoms with Crippen LogP contribution in [0.3, 0.4) is 0 Å². The lowest BCUT2D eigenvalue weighted by Crippen LogP contribution is -2.38. The van der Waals surface area contributed by atoms with E-state index in [0.717, 1.165) is 21.7 Å². The highest BCUT2D eigenvalue weighted by Crippen LogP contribution is 2.24. The molecule has 1 heterocycles. The average Bonchev–Trinajstić information content (AvgIpc) is 3.06. The maximum Gasteiger partial charge on any atom is 0.255 e. The number of methoxy groups -OCH3 is 1. The summed E-state index contributed by atoms with van der Waals surface area (Å²) in [7, 11) is 1.47. The van der Waals surface area contributed by atoms with Gasteiger partial charge in [0.05, 0.1) is 24.6 Å². The molecule has 0 saturated heterocycles. The molecule has 0 unspecified atom stereocenters. The Bertz CT molecular complexity index is 737. The normalized spacial score (nSPS) is 11.2. The van der Waals surface area contributed by atoms with Crippen molar-refractivity contribution in [3.63, 3.8) is 0 Å². The first kappa shape index (κ1) is 20.4. The number of nitrogens with zero attached hydrogens (tertiary/aromatic N) is 3.